The van der Waals surface area contributed by atoms with Crippen LogP contribution in [-0.4, -0.2) is 24.7 Å². The average molecular weight is 350 g/mol. The van der Waals surface area contributed by atoms with E-state index in [-0.39, 0.29) is 5.56 Å². The topological polar surface area (TPSA) is 58.6 Å². The van der Waals surface area contributed by atoms with Crippen molar-refractivity contribution in [1.82, 2.24) is 0 Å². The summed E-state index contributed by atoms with van der Waals surface area (Å²) in [6.45, 7) is 0.559. The largest absolute Gasteiger partial charge is 0.497 e. The molecule has 4 nitrogen and oxygen atoms in total. The molecule has 1 aliphatic carbocycles. The Balaban J connectivity index is 2.07. The molecule has 2 N–H and O–H groups in total. The molecule has 1 aromatic carbocycles. The van der Waals surface area contributed by atoms with Crippen molar-refractivity contribution in [3.05, 3.63) is 63.9 Å². The van der Waals surface area contributed by atoms with Crippen molar-refractivity contribution in [3.8, 4) is 0 Å². The molecule has 0 saturated heterocycles. The smallest absolute Gasteiger partial charge is 0.337 e. The van der Waals surface area contributed by atoms with E-state index >= 15 is 0 Å². The van der Waals surface area contributed by atoms with E-state index in [1.807, 2.05) is 24.3 Å². The zero-order valence-electron chi connectivity index (χ0n) is 11.6. The molecule has 0 aliphatic heterocycles. The second kappa shape index (κ2) is 7.13. The molecule has 0 unspecified atom stereocenters. The Morgan fingerprint density at radius 1 is 1.38 bits per heavy atom. The van der Waals surface area contributed by atoms with Gasteiger partial charge in [-0.2, -0.15) is 0 Å². The molecule has 0 radical (unpaired) electrons. The maximum Gasteiger partial charge on any atom is 0.337 e. The zero-order valence-corrected chi connectivity index (χ0v) is 13.2. The lowest BCUT2D eigenvalue weighted by Crippen LogP contribution is -2.08. The van der Waals surface area contributed by atoms with Gasteiger partial charge in [0.15, 0.2) is 0 Å². The first kappa shape index (κ1) is 15.4. The van der Waals surface area contributed by atoms with Crippen LogP contribution >= 0.6 is 15.9 Å². The van der Waals surface area contributed by atoms with Gasteiger partial charge in [-0.15, -0.1) is 0 Å². The van der Waals surface area contributed by atoms with E-state index in [2.05, 4.69) is 27.3 Å². The summed E-state index contributed by atoms with van der Waals surface area (Å²) < 4.78 is 5.93. The highest BCUT2D eigenvalue weighted by molar-refractivity contribution is 9.10. The summed E-state index contributed by atoms with van der Waals surface area (Å²) in [5, 5.41) is 12.4. The lowest BCUT2D eigenvalue weighted by Gasteiger charge is -2.10. The maximum absolute atomic E-state index is 11.2. The first-order valence-electron chi connectivity index (χ1n) is 6.48. The van der Waals surface area contributed by atoms with E-state index in [0.29, 0.717) is 12.2 Å². The predicted molar refractivity (Wildman–Crippen MR) is 86.5 cm³/mol. The van der Waals surface area contributed by atoms with Crippen molar-refractivity contribution in [2.45, 2.75) is 6.42 Å². The van der Waals surface area contributed by atoms with Crippen LogP contribution in [0.2, 0.25) is 0 Å². The minimum Gasteiger partial charge on any atom is -0.497 e. The fraction of sp³-hybridized carbons (Fsp3) is 0.188. The molecule has 21 heavy (non-hydrogen) atoms. The lowest BCUT2D eigenvalue weighted by molar-refractivity contribution is 0.0698. The van der Waals surface area contributed by atoms with Gasteiger partial charge >= 0.3 is 5.97 Å². The number of benzene rings is 1. The van der Waals surface area contributed by atoms with E-state index < -0.39 is 5.97 Å². The van der Waals surface area contributed by atoms with E-state index in [9.17, 15) is 9.90 Å². The Kier molecular flexibility index (Phi) is 5.22. The third-order valence-corrected chi connectivity index (χ3v) is 3.58. The predicted octanol–water partition coefficient (Wildman–Crippen LogP) is 3.98. The summed E-state index contributed by atoms with van der Waals surface area (Å²) in [4.78, 5) is 11.2. The number of halogens is 1. The quantitative estimate of drug-likeness (QED) is 0.844. The number of carboxylic acids is 1. The Labute approximate surface area is 131 Å². The number of methoxy groups -OCH3 is 1. The van der Waals surface area contributed by atoms with Gasteiger partial charge in [-0.3, -0.25) is 0 Å². The highest BCUT2D eigenvalue weighted by Gasteiger charge is 2.10. The highest BCUT2D eigenvalue weighted by Crippen LogP contribution is 2.22. The van der Waals surface area contributed by atoms with Gasteiger partial charge in [0.1, 0.15) is 5.76 Å². The first-order valence-corrected chi connectivity index (χ1v) is 7.27. The maximum atomic E-state index is 11.2. The van der Waals surface area contributed by atoms with E-state index in [0.717, 1.165) is 22.2 Å². The molecule has 0 aromatic heterocycles. The molecule has 0 fully saturated rings. The average Bonchev–Trinajstić information content (AvgIpc) is 2.71. The second-order valence-corrected chi connectivity index (χ2v) is 5.42. The number of ether oxygens (including phenoxy) is 1. The summed E-state index contributed by atoms with van der Waals surface area (Å²) in [6.07, 6.45) is 8.73. The van der Waals surface area contributed by atoms with Crippen molar-refractivity contribution in [3.63, 3.8) is 0 Å². The Morgan fingerprint density at radius 3 is 2.90 bits per heavy atom. The van der Waals surface area contributed by atoms with Crippen molar-refractivity contribution in [2.24, 2.45) is 0 Å². The Bertz CT molecular complexity index is 632. The summed E-state index contributed by atoms with van der Waals surface area (Å²) in [6, 6.07) is 5.16. The van der Waals surface area contributed by atoms with Gasteiger partial charge in [-0.25, -0.2) is 4.79 Å². The standard InChI is InChI=1S/C16H16BrNO3/c1-21-13-4-2-3-11(5-7-13)10-18-15-8-6-12(17)9-14(15)16(19)20/h3-9,18H,2,10H2,1H3,(H,19,20). The zero-order chi connectivity index (χ0) is 15.2. The van der Waals surface area contributed by atoms with Crippen molar-refractivity contribution in [2.75, 3.05) is 19.0 Å². The number of allylic oxidation sites excluding steroid dienone is 3. The van der Waals surface area contributed by atoms with E-state index in [4.69, 9.17) is 4.74 Å². The van der Waals surface area contributed by atoms with Gasteiger partial charge in [0.2, 0.25) is 0 Å². The van der Waals surface area contributed by atoms with Crippen LogP contribution in [0.4, 0.5) is 5.69 Å². The first-order chi connectivity index (χ1) is 10.1. The summed E-state index contributed by atoms with van der Waals surface area (Å²) in [5.41, 5.74) is 1.93. The van der Waals surface area contributed by atoms with Crippen molar-refractivity contribution < 1.29 is 14.6 Å². The Hall–Kier alpha value is -2.01. The van der Waals surface area contributed by atoms with Crippen LogP contribution in [0.15, 0.2) is 58.3 Å². The number of hydrogen-bond donors (Lipinski definition) is 2. The molecule has 0 amide bonds. The molecule has 5 heteroatoms. The fourth-order valence-corrected chi connectivity index (χ4v) is 2.34. The summed E-state index contributed by atoms with van der Waals surface area (Å²) >= 11 is 3.28. The number of carbonyl (C=O) groups is 1. The number of nitrogens with one attached hydrogen (secondary N) is 1. The van der Waals surface area contributed by atoms with Crippen LogP contribution < -0.4 is 5.32 Å². The number of anilines is 1. The summed E-state index contributed by atoms with van der Waals surface area (Å²) in [7, 11) is 1.64. The minimum absolute atomic E-state index is 0.248. The highest BCUT2D eigenvalue weighted by atomic mass is 79.9. The SMILES string of the molecule is COC1=CCC=C(CNc2ccc(Br)cc2C(=O)O)C=C1. The van der Waals surface area contributed by atoms with Crippen LogP contribution in [0.1, 0.15) is 16.8 Å². The van der Waals surface area contributed by atoms with E-state index in [1.54, 1.807) is 19.2 Å². The lowest BCUT2D eigenvalue weighted by atomic mass is 10.1. The van der Waals surface area contributed by atoms with Gasteiger partial charge in [-0.05, 0) is 42.3 Å². The third kappa shape index (κ3) is 4.23. The normalized spacial score (nSPS) is 14.0. The molecular weight excluding hydrogens is 334 g/mol. The van der Waals surface area contributed by atoms with Crippen LogP contribution in [0.25, 0.3) is 0 Å². The fourth-order valence-electron chi connectivity index (χ4n) is 1.98. The van der Waals surface area contributed by atoms with Gasteiger partial charge in [-0.1, -0.05) is 28.1 Å². The van der Waals surface area contributed by atoms with Crippen LogP contribution in [0.5, 0.6) is 0 Å². The molecular formula is C16H16BrNO3. The summed E-state index contributed by atoms with van der Waals surface area (Å²) in [5.74, 6) is -0.122. The number of carboxylic acid groups (broad SMARTS) is 1. The van der Waals surface area contributed by atoms with E-state index in [1.165, 1.54) is 0 Å². The molecule has 0 saturated carbocycles. The van der Waals surface area contributed by atoms with Crippen LogP contribution in [-0.2, 0) is 4.74 Å². The van der Waals surface area contributed by atoms with Gasteiger partial charge < -0.3 is 15.2 Å². The monoisotopic (exact) mass is 349 g/mol. The Morgan fingerprint density at radius 2 is 2.19 bits per heavy atom. The molecule has 0 spiro atoms. The third-order valence-electron chi connectivity index (χ3n) is 3.09. The molecule has 1 aliphatic rings. The van der Waals surface area contributed by atoms with Crippen LogP contribution in [0.3, 0.4) is 0 Å². The number of aromatic carboxylic acids is 1. The molecule has 0 atom stereocenters. The molecule has 110 valence electrons. The number of rotatable bonds is 5. The van der Waals surface area contributed by atoms with Crippen molar-refractivity contribution in [1.29, 1.82) is 0 Å². The molecule has 0 bridgehead atoms. The van der Waals surface area contributed by atoms with Crippen LogP contribution in [0, 0.1) is 0 Å². The molecule has 2 rings (SSSR count). The molecule has 0 heterocycles. The minimum atomic E-state index is -0.951. The van der Waals surface area contributed by atoms with Gasteiger partial charge in [0.05, 0.1) is 12.7 Å². The molecule has 1 aromatic rings. The number of hydrogen-bond acceptors (Lipinski definition) is 3. The van der Waals surface area contributed by atoms with Gasteiger partial charge in [0, 0.05) is 16.7 Å². The van der Waals surface area contributed by atoms with Gasteiger partial charge in [0.25, 0.3) is 0 Å². The second-order valence-electron chi connectivity index (χ2n) is 4.51. The van der Waals surface area contributed by atoms with Crippen molar-refractivity contribution >= 4 is 27.6 Å².